The molecule has 0 saturated carbocycles. The van der Waals surface area contributed by atoms with Crippen molar-refractivity contribution in [2.24, 2.45) is 5.92 Å². The third-order valence-electron chi connectivity index (χ3n) is 3.73. The van der Waals surface area contributed by atoms with E-state index in [-0.39, 0.29) is 16.6 Å². The fourth-order valence-corrected chi connectivity index (χ4v) is 4.26. The second-order valence-corrected chi connectivity index (χ2v) is 7.94. The van der Waals surface area contributed by atoms with Crippen LogP contribution in [0.3, 0.4) is 0 Å². The number of hydrogen-bond acceptors (Lipinski definition) is 5. The smallest absolute Gasteiger partial charge is 0.244 e. The maximum atomic E-state index is 12.4. The Morgan fingerprint density at radius 3 is 3.09 bits per heavy atom. The Bertz CT molecular complexity index is 789. The molecular weight excluding hydrogens is 370 g/mol. The molecule has 0 radical (unpaired) electrons. The number of nitrogen functional groups attached to an aromatic ring is 1. The van der Waals surface area contributed by atoms with Crippen molar-refractivity contribution in [3.8, 4) is 0 Å². The van der Waals surface area contributed by atoms with Crippen LogP contribution in [0.15, 0.2) is 34.0 Å². The second-order valence-electron chi connectivity index (χ2n) is 5.29. The molecule has 1 atom stereocenters. The minimum atomic E-state index is -3.67. The molecule has 3 N–H and O–H groups in total. The number of aromatic nitrogens is 3. The lowest BCUT2D eigenvalue weighted by molar-refractivity contribution is 0.363. The fourth-order valence-electron chi connectivity index (χ4n) is 2.56. The van der Waals surface area contributed by atoms with Gasteiger partial charge < -0.3 is 10.3 Å². The molecule has 118 valence electrons. The van der Waals surface area contributed by atoms with Crippen LogP contribution in [0.1, 0.15) is 12.2 Å². The molecule has 9 heteroatoms. The monoisotopic (exact) mass is 385 g/mol. The van der Waals surface area contributed by atoms with Gasteiger partial charge in [-0.2, -0.15) is 0 Å². The Kier molecular flexibility index (Phi) is 4.20. The normalized spacial score (nSPS) is 18.1. The number of imidazole rings is 1. The van der Waals surface area contributed by atoms with Gasteiger partial charge in [-0.05, 0) is 34.3 Å². The molecule has 2 aromatic rings. The zero-order chi connectivity index (χ0) is 15.7. The van der Waals surface area contributed by atoms with Crippen molar-refractivity contribution >= 4 is 31.8 Å². The van der Waals surface area contributed by atoms with Crippen LogP contribution in [0.25, 0.3) is 0 Å². The Hall–Kier alpha value is -1.45. The first kappa shape index (κ1) is 15.4. The lowest BCUT2D eigenvalue weighted by Gasteiger charge is -2.24. The Labute approximate surface area is 137 Å². The summed E-state index contributed by atoms with van der Waals surface area (Å²) in [5.74, 6) is 1.29. The van der Waals surface area contributed by atoms with Gasteiger partial charge in [-0.3, -0.25) is 0 Å². The van der Waals surface area contributed by atoms with Gasteiger partial charge in [-0.1, -0.05) is 0 Å². The summed E-state index contributed by atoms with van der Waals surface area (Å²) in [6.45, 7) is 1.13. The lowest BCUT2D eigenvalue weighted by atomic mass is 10.00. The third kappa shape index (κ3) is 3.16. The number of anilines is 1. The zero-order valence-corrected chi connectivity index (χ0v) is 14.1. The second kappa shape index (κ2) is 5.98. The number of nitrogens with zero attached hydrogens (tertiary/aromatic N) is 3. The number of sulfonamides is 1. The molecule has 0 aliphatic carbocycles. The number of nitrogens with one attached hydrogen (secondary N) is 1. The molecule has 3 rings (SSSR count). The molecule has 2 aromatic heterocycles. The van der Waals surface area contributed by atoms with Crippen molar-refractivity contribution in [2.75, 3.05) is 12.3 Å². The first-order chi connectivity index (χ1) is 10.5. The van der Waals surface area contributed by atoms with Crippen LogP contribution in [-0.4, -0.2) is 29.5 Å². The molecule has 1 aliphatic rings. The standard InChI is InChI=1S/C13H16BrN5O2S/c14-10-5-11(13(15)17-7-10)22(20,21)18-6-9-1-2-12-16-3-4-19(12)8-9/h3-5,7,9,18H,1-2,6,8H2,(H2,15,17)/t9-/m1/s1. The molecular formula is C13H16BrN5O2S. The lowest BCUT2D eigenvalue weighted by Crippen LogP contribution is -2.34. The van der Waals surface area contributed by atoms with Gasteiger partial charge in [0.05, 0.1) is 0 Å². The first-order valence-electron chi connectivity index (χ1n) is 6.86. The van der Waals surface area contributed by atoms with E-state index in [1.807, 2.05) is 6.20 Å². The van der Waals surface area contributed by atoms with E-state index >= 15 is 0 Å². The number of fused-ring (bicyclic) bond motifs is 1. The van der Waals surface area contributed by atoms with Crippen LogP contribution in [0.4, 0.5) is 5.82 Å². The molecule has 0 aromatic carbocycles. The predicted octanol–water partition coefficient (Wildman–Crippen LogP) is 1.16. The maximum Gasteiger partial charge on any atom is 0.244 e. The Balaban J connectivity index is 1.69. The summed E-state index contributed by atoms with van der Waals surface area (Å²) in [5.41, 5.74) is 5.67. The van der Waals surface area contributed by atoms with Gasteiger partial charge in [-0.15, -0.1) is 0 Å². The first-order valence-corrected chi connectivity index (χ1v) is 9.14. The molecule has 3 heterocycles. The van der Waals surface area contributed by atoms with Crippen LogP contribution < -0.4 is 10.5 Å². The van der Waals surface area contributed by atoms with Gasteiger partial charge >= 0.3 is 0 Å². The van der Waals surface area contributed by atoms with E-state index in [0.717, 1.165) is 25.2 Å². The highest BCUT2D eigenvalue weighted by molar-refractivity contribution is 9.10. The molecule has 0 fully saturated rings. The largest absolute Gasteiger partial charge is 0.383 e. The van der Waals surface area contributed by atoms with Crippen LogP contribution in [0.2, 0.25) is 0 Å². The van der Waals surface area contributed by atoms with Gasteiger partial charge in [-0.25, -0.2) is 23.1 Å². The zero-order valence-electron chi connectivity index (χ0n) is 11.7. The van der Waals surface area contributed by atoms with Crippen molar-refractivity contribution in [3.63, 3.8) is 0 Å². The number of aryl methyl sites for hydroxylation is 1. The maximum absolute atomic E-state index is 12.4. The van der Waals surface area contributed by atoms with E-state index in [0.29, 0.717) is 11.0 Å². The van der Waals surface area contributed by atoms with Crippen molar-refractivity contribution in [1.29, 1.82) is 0 Å². The van der Waals surface area contributed by atoms with Gasteiger partial charge in [0, 0.05) is 42.6 Å². The minimum Gasteiger partial charge on any atom is -0.383 e. The molecule has 0 unspecified atom stereocenters. The van der Waals surface area contributed by atoms with E-state index < -0.39 is 10.0 Å². The van der Waals surface area contributed by atoms with Gasteiger partial charge in [0.15, 0.2) is 0 Å². The number of hydrogen-bond donors (Lipinski definition) is 2. The average molecular weight is 386 g/mol. The van der Waals surface area contributed by atoms with Gasteiger partial charge in [0.2, 0.25) is 10.0 Å². The summed E-state index contributed by atoms with van der Waals surface area (Å²) in [7, 11) is -3.67. The number of pyridine rings is 1. The summed E-state index contributed by atoms with van der Waals surface area (Å²) in [6, 6.07) is 1.46. The van der Waals surface area contributed by atoms with Gasteiger partial charge in [0.1, 0.15) is 16.5 Å². The quantitative estimate of drug-likeness (QED) is 0.821. The van der Waals surface area contributed by atoms with Crippen LogP contribution in [0, 0.1) is 5.92 Å². The SMILES string of the molecule is Nc1ncc(Br)cc1S(=O)(=O)NC[C@H]1CCc2nccn2C1. The fraction of sp³-hybridized carbons (Fsp3) is 0.385. The molecule has 7 nitrogen and oxygen atoms in total. The summed E-state index contributed by atoms with van der Waals surface area (Å²) in [6.07, 6.45) is 6.93. The summed E-state index contributed by atoms with van der Waals surface area (Å²) < 4.78 is 30.0. The molecule has 0 spiro atoms. The highest BCUT2D eigenvalue weighted by Gasteiger charge is 2.23. The predicted molar refractivity (Wildman–Crippen MR) is 85.6 cm³/mol. The van der Waals surface area contributed by atoms with Gasteiger partial charge in [0.25, 0.3) is 0 Å². The van der Waals surface area contributed by atoms with E-state index in [2.05, 4.69) is 35.2 Å². The van der Waals surface area contributed by atoms with Crippen LogP contribution in [-0.2, 0) is 23.0 Å². The minimum absolute atomic E-state index is 0.000930. The molecule has 0 saturated heterocycles. The highest BCUT2D eigenvalue weighted by atomic mass is 79.9. The van der Waals surface area contributed by atoms with E-state index in [9.17, 15) is 8.42 Å². The van der Waals surface area contributed by atoms with E-state index in [1.54, 1.807) is 6.20 Å². The third-order valence-corrected chi connectivity index (χ3v) is 5.62. The van der Waals surface area contributed by atoms with E-state index in [1.165, 1.54) is 12.3 Å². The van der Waals surface area contributed by atoms with Crippen molar-refractivity contribution in [3.05, 3.63) is 35.0 Å². The average Bonchev–Trinajstić information content (AvgIpc) is 2.95. The van der Waals surface area contributed by atoms with Crippen LogP contribution in [0.5, 0.6) is 0 Å². The molecule has 22 heavy (non-hydrogen) atoms. The number of rotatable bonds is 4. The van der Waals surface area contributed by atoms with Crippen molar-refractivity contribution in [2.45, 2.75) is 24.3 Å². The summed E-state index contributed by atoms with van der Waals surface area (Å²) in [5, 5.41) is 0. The number of nitrogens with two attached hydrogens (primary N) is 1. The summed E-state index contributed by atoms with van der Waals surface area (Å²) >= 11 is 3.21. The van der Waals surface area contributed by atoms with Crippen molar-refractivity contribution < 1.29 is 8.42 Å². The topological polar surface area (TPSA) is 103 Å². The Morgan fingerprint density at radius 2 is 2.27 bits per heavy atom. The van der Waals surface area contributed by atoms with E-state index in [4.69, 9.17) is 5.73 Å². The van der Waals surface area contributed by atoms with Crippen LogP contribution >= 0.6 is 15.9 Å². The molecule has 1 aliphatic heterocycles. The molecule has 0 bridgehead atoms. The summed E-state index contributed by atoms with van der Waals surface area (Å²) in [4.78, 5) is 8.13. The van der Waals surface area contributed by atoms with Crippen molar-refractivity contribution in [1.82, 2.24) is 19.3 Å². The number of halogens is 1. The highest BCUT2D eigenvalue weighted by Crippen LogP contribution is 2.22. The Morgan fingerprint density at radius 1 is 1.45 bits per heavy atom. The molecule has 0 amide bonds.